The normalized spacial score (nSPS) is 15.2. The van der Waals surface area contributed by atoms with Gasteiger partial charge in [0.05, 0.1) is 22.4 Å². The highest BCUT2D eigenvalue weighted by atomic mass is 32.1. The highest BCUT2D eigenvalue weighted by Gasteiger charge is 2.33. The van der Waals surface area contributed by atoms with Crippen LogP contribution in [0.25, 0.3) is 6.08 Å². The van der Waals surface area contributed by atoms with Crippen molar-refractivity contribution in [3.05, 3.63) is 77.1 Å². The molecule has 0 saturated heterocycles. The van der Waals surface area contributed by atoms with Gasteiger partial charge in [-0.05, 0) is 43.5 Å². The van der Waals surface area contributed by atoms with E-state index in [1.807, 2.05) is 17.5 Å². The summed E-state index contributed by atoms with van der Waals surface area (Å²) in [5, 5.41) is 1.87. The van der Waals surface area contributed by atoms with Crippen LogP contribution in [0.2, 0.25) is 0 Å². The monoisotopic (exact) mass is 526 g/mol. The van der Waals surface area contributed by atoms with Gasteiger partial charge in [0.1, 0.15) is 17.5 Å². The summed E-state index contributed by atoms with van der Waals surface area (Å²) in [6.45, 7) is 6.14. The van der Waals surface area contributed by atoms with Crippen molar-refractivity contribution in [2.45, 2.75) is 33.7 Å². The number of thiazole rings is 1. The molecule has 1 aliphatic rings. The molecule has 1 aliphatic heterocycles. The van der Waals surface area contributed by atoms with Crippen LogP contribution in [-0.4, -0.2) is 29.1 Å². The molecular formula is C25H22N2O7S2. The van der Waals surface area contributed by atoms with Gasteiger partial charge < -0.3 is 14.2 Å². The minimum Gasteiger partial charge on any atom is -0.463 e. The fourth-order valence-electron chi connectivity index (χ4n) is 3.76. The molecule has 1 atom stereocenters. The molecule has 0 N–H and O–H groups in total. The first-order chi connectivity index (χ1) is 17.2. The summed E-state index contributed by atoms with van der Waals surface area (Å²) in [5.41, 5.74) is 0.861. The molecule has 0 fully saturated rings. The van der Waals surface area contributed by atoms with Crippen LogP contribution in [0.4, 0.5) is 0 Å². The summed E-state index contributed by atoms with van der Waals surface area (Å²) in [7, 11) is 0. The topological polar surface area (TPSA) is 113 Å². The van der Waals surface area contributed by atoms with Crippen LogP contribution < -0.4 is 24.4 Å². The lowest BCUT2D eigenvalue weighted by molar-refractivity contribution is -0.139. The van der Waals surface area contributed by atoms with Gasteiger partial charge in [0.2, 0.25) is 0 Å². The molecule has 11 heteroatoms. The van der Waals surface area contributed by atoms with Crippen molar-refractivity contribution in [3.63, 3.8) is 0 Å². The molecule has 3 aromatic rings. The quantitative estimate of drug-likeness (QED) is 0.358. The number of rotatable bonds is 6. The van der Waals surface area contributed by atoms with Gasteiger partial charge in [-0.1, -0.05) is 17.4 Å². The molecular weight excluding hydrogens is 504 g/mol. The van der Waals surface area contributed by atoms with Gasteiger partial charge in [-0.15, -0.1) is 11.3 Å². The summed E-state index contributed by atoms with van der Waals surface area (Å²) in [5.74, 6) is -1.29. The highest BCUT2D eigenvalue weighted by molar-refractivity contribution is 7.10. The van der Waals surface area contributed by atoms with Crippen LogP contribution in [0.3, 0.4) is 0 Å². The van der Waals surface area contributed by atoms with Gasteiger partial charge in [0, 0.05) is 30.4 Å². The van der Waals surface area contributed by atoms with Crippen molar-refractivity contribution in [1.29, 1.82) is 0 Å². The Hall–Kier alpha value is -3.83. The molecule has 0 unspecified atom stereocenters. The molecule has 36 heavy (non-hydrogen) atoms. The van der Waals surface area contributed by atoms with Crippen LogP contribution in [0.1, 0.15) is 44.2 Å². The van der Waals surface area contributed by atoms with Crippen molar-refractivity contribution < 1.29 is 28.6 Å². The Morgan fingerprint density at radius 3 is 2.53 bits per heavy atom. The van der Waals surface area contributed by atoms with E-state index in [4.69, 9.17) is 14.2 Å². The second-order valence-electron chi connectivity index (χ2n) is 7.70. The van der Waals surface area contributed by atoms with Crippen LogP contribution in [-0.2, 0) is 19.1 Å². The second-order valence-corrected chi connectivity index (χ2v) is 9.69. The number of benzene rings is 1. The number of nitrogens with zero attached hydrogens (tertiary/aromatic N) is 2. The number of allylic oxidation sites excluding steroid dienone is 1. The first-order valence-corrected chi connectivity index (χ1v) is 12.6. The molecule has 186 valence electrons. The predicted octanol–water partition coefficient (Wildman–Crippen LogP) is 2.71. The molecule has 0 saturated carbocycles. The fraction of sp³-hybridized carbons (Fsp3) is 0.240. The first kappa shape index (κ1) is 25.3. The smallest absolute Gasteiger partial charge is 0.338 e. The lowest BCUT2D eigenvalue weighted by Gasteiger charge is -2.23. The highest BCUT2D eigenvalue weighted by Crippen LogP contribution is 2.33. The largest absolute Gasteiger partial charge is 0.463 e. The summed E-state index contributed by atoms with van der Waals surface area (Å²) in [6, 6.07) is 7.56. The third kappa shape index (κ3) is 5.07. The maximum atomic E-state index is 13.6. The maximum absolute atomic E-state index is 13.6. The molecule has 0 spiro atoms. The molecule has 0 radical (unpaired) electrons. The van der Waals surface area contributed by atoms with Crippen molar-refractivity contribution in [2.75, 3.05) is 6.61 Å². The minimum absolute atomic E-state index is 0.130. The van der Waals surface area contributed by atoms with Gasteiger partial charge in [0.25, 0.3) is 5.56 Å². The molecule has 1 aromatic carbocycles. The standard InChI is InChI=1S/C25H22N2O7S2/c1-5-32-24(31)21-13(2)26-25-27(22(21)19-7-6-10-35-19)23(30)20(36-25)11-16-8-9-17(33-14(3)28)12-18(16)34-15(4)29/h6-12,22H,5H2,1-4H3/b20-11-/t22-/m1/s1. The van der Waals surface area contributed by atoms with Gasteiger partial charge in [-0.25, -0.2) is 9.79 Å². The Morgan fingerprint density at radius 2 is 1.89 bits per heavy atom. The average molecular weight is 527 g/mol. The number of fused-ring (bicyclic) bond motifs is 1. The Bertz CT molecular complexity index is 1560. The van der Waals surface area contributed by atoms with E-state index < -0.39 is 23.9 Å². The van der Waals surface area contributed by atoms with Crippen molar-refractivity contribution in [3.8, 4) is 11.5 Å². The number of esters is 3. The van der Waals surface area contributed by atoms with Crippen molar-refractivity contribution >= 4 is 46.7 Å². The van der Waals surface area contributed by atoms with Crippen LogP contribution in [0.5, 0.6) is 11.5 Å². The zero-order valence-corrected chi connectivity index (χ0v) is 21.5. The van der Waals surface area contributed by atoms with E-state index in [2.05, 4.69) is 4.99 Å². The summed E-state index contributed by atoms with van der Waals surface area (Å²) < 4.78 is 17.5. The first-order valence-electron chi connectivity index (χ1n) is 10.9. The molecule has 3 heterocycles. The number of carbonyl (C=O) groups is 3. The molecule has 0 aliphatic carbocycles. The number of aromatic nitrogens is 1. The minimum atomic E-state index is -0.679. The second kappa shape index (κ2) is 10.4. The number of hydrogen-bond acceptors (Lipinski definition) is 10. The van der Waals surface area contributed by atoms with E-state index in [1.54, 1.807) is 26.0 Å². The van der Waals surface area contributed by atoms with E-state index in [1.165, 1.54) is 41.9 Å². The zero-order valence-electron chi connectivity index (χ0n) is 19.9. The number of carbonyl (C=O) groups excluding carboxylic acids is 3. The summed E-state index contributed by atoms with van der Waals surface area (Å²) in [4.78, 5) is 55.2. The Balaban J connectivity index is 1.89. The number of hydrogen-bond donors (Lipinski definition) is 0. The van der Waals surface area contributed by atoms with Gasteiger partial charge in [-0.2, -0.15) is 0 Å². The van der Waals surface area contributed by atoms with E-state index in [0.717, 1.165) is 16.2 Å². The third-order valence-electron chi connectivity index (χ3n) is 5.12. The van der Waals surface area contributed by atoms with Gasteiger partial charge in [0.15, 0.2) is 4.80 Å². The van der Waals surface area contributed by atoms with Crippen LogP contribution in [0.15, 0.2) is 56.8 Å². The van der Waals surface area contributed by atoms with Gasteiger partial charge >= 0.3 is 17.9 Å². The molecule has 2 aromatic heterocycles. The third-order valence-corrected chi connectivity index (χ3v) is 7.02. The number of ether oxygens (including phenoxy) is 3. The SMILES string of the molecule is CCOC(=O)C1=C(C)N=c2s/c(=C\c3ccc(OC(C)=O)cc3OC(C)=O)c(=O)n2[C@@H]1c1cccs1. The molecule has 9 nitrogen and oxygen atoms in total. The van der Waals surface area contributed by atoms with Gasteiger partial charge in [-0.3, -0.25) is 19.0 Å². The lowest BCUT2D eigenvalue weighted by atomic mass is 10.0. The Morgan fingerprint density at radius 1 is 1.14 bits per heavy atom. The predicted molar refractivity (Wildman–Crippen MR) is 134 cm³/mol. The number of thiophene rings is 1. The Kier molecular flexibility index (Phi) is 7.32. The maximum Gasteiger partial charge on any atom is 0.338 e. The van der Waals surface area contributed by atoms with E-state index >= 15 is 0 Å². The molecule has 0 amide bonds. The Labute approximate surface area is 213 Å². The lowest BCUT2D eigenvalue weighted by Crippen LogP contribution is -2.39. The fourth-order valence-corrected chi connectivity index (χ4v) is 5.62. The van der Waals surface area contributed by atoms with Crippen LogP contribution >= 0.6 is 22.7 Å². The van der Waals surface area contributed by atoms with Crippen molar-refractivity contribution in [2.24, 2.45) is 4.99 Å². The average Bonchev–Trinajstić information content (AvgIpc) is 3.43. The zero-order chi connectivity index (χ0) is 26.0. The summed E-state index contributed by atoms with van der Waals surface area (Å²) >= 11 is 2.58. The van der Waals surface area contributed by atoms with Crippen molar-refractivity contribution in [1.82, 2.24) is 4.57 Å². The van der Waals surface area contributed by atoms with E-state index in [9.17, 15) is 19.2 Å². The van der Waals surface area contributed by atoms with E-state index in [0.29, 0.717) is 26.2 Å². The van der Waals surface area contributed by atoms with E-state index in [-0.39, 0.29) is 23.7 Å². The molecule has 4 rings (SSSR count). The molecule has 0 bridgehead atoms. The van der Waals surface area contributed by atoms with Crippen LogP contribution in [0, 0.1) is 0 Å². The summed E-state index contributed by atoms with van der Waals surface area (Å²) in [6.07, 6.45) is 1.58.